The number of nitrogens with zero attached hydrogens (tertiary/aromatic N) is 1. The van der Waals surface area contributed by atoms with Crippen molar-refractivity contribution in [3.8, 4) is 0 Å². The molecule has 6 heteroatoms. The van der Waals surface area contributed by atoms with Crippen LogP contribution in [0.25, 0.3) is 0 Å². The first-order valence-electron chi connectivity index (χ1n) is 6.56. The van der Waals surface area contributed by atoms with Crippen molar-refractivity contribution in [3.63, 3.8) is 0 Å². The molecule has 1 fully saturated rings. The zero-order valence-corrected chi connectivity index (χ0v) is 10.7. The number of halogens is 3. The summed E-state index contributed by atoms with van der Waals surface area (Å²) >= 11 is 0. The minimum atomic E-state index is -4.02. The molecule has 0 amide bonds. The first-order chi connectivity index (χ1) is 9.05. The fourth-order valence-corrected chi connectivity index (χ4v) is 2.35. The van der Waals surface area contributed by atoms with Crippen LogP contribution in [0.1, 0.15) is 18.4 Å². The van der Waals surface area contributed by atoms with E-state index in [1.165, 1.54) is 0 Å². The number of furan rings is 1. The standard InChI is InChI=1S/C13H19F3N2O/c14-13(15,16)12-1-5-18(6-2-12)7-4-17-9-11-3-8-19-10-11/h3,8,10,12,17H,1-2,4-7,9H2. The Labute approximate surface area is 110 Å². The maximum Gasteiger partial charge on any atom is 0.391 e. The van der Waals surface area contributed by atoms with E-state index >= 15 is 0 Å². The maximum atomic E-state index is 12.5. The topological polar surface area (TPSA) is 28.4 Å². The second kappa shape index (κ2) is 6.43. The smallest absolute Gasteiger partial charge is 0.391 e. The Morgan fingerprint density at radius 2 is 2.05 bits per heavy atom. The molecule has 2 heterocycles. The van der Waals surface area contributed by atoms with Gasteiger partial charge in [-0.25, -0.2) is 0 Å². The van der Waals surface area contributed by atoms with Crippen molar-refractivity contribution in [1.82, 2.24) is 10.2 Å². The molecule has 1 saturated heterocycles. The molecular formula is C13H19F3N2O. The van der Waals surface area contributed by atoms with E-state index in [-0.39, 0.29) is 12.8 Å². The maximum absolute atomic E-state index is 12.5. The van der Waals surface area contributed by atoms with Gasteiger partial charge in [0.15, 0.2) is 0 Å². The molecule has 0 aliphatic carbocycles. The molecule has 19 heavy (non-hydrogen) atoms. The van der Waals surface area contributed by atoms with Crippen molar-refractivity contribution in [3.05, 3.63) is 24.2 Å². The van der Waals surface area contributed by atoms with Crippen molar-refractivity contribution in [2.45, 2.75) is 25.6 Å². The van der Waals surface area contributed by atoms with Crippen LogP contribution < -0.4 is 5.32 Å². The highest BCUT2D eigenvalue weighted by atomic mass is 19.4. The van der Waals surface area contributed by atoms with Crippen LogP contribution in [0.3, 0.4) is 0 Å². The van der Waals surface area contributed by atoms with E-state index in [0.717, 1.165) is 25.2 Å². The van der Waals surface area contributed by atoms with Crippen LogP contribution in [-0.2, 0) is 6.54 Å². The van der Waals surface area contributed by atoms with Gasteiger partial charge in [0, 0.05) is 25.2 Å². The fourth-order valence-electron chi connectivity index (χ4n) is 2.35. The second-order valence-corrected chi connectivity index (χ2v) is 4.97. The molecule has 0 spiro atoms. The minimum absolute atomic E-state index is 0.227. The Kier molecular flexibility index (Phi) is 4.87. The molecule has 2 rings (SSSR count). The van der Waals surface area contributed by atoms with Gasteiger partial charge in [0.05, 0.1) is 18.4 Å². The number of nitrogens with one attached hydrogen (secondary N) is 1. The summed E-state index contributed by atoms with van der Waals surface area (Å²) < 4.78 is 42.4. The van der Waals surface area contributed by atoms with Crippen molar-refractivity contribution >= 4 is 0 Å². The summed E-state index contributed by atoms with van der Waals surface area (Å²) in [5.41, 5.74) is 1.08. The van der Waals surface area contributed by atoms with Gasteiger partial charge in [-0.2, -0.15) is 13.2 Å². The van der Waals surface area contributed by atoms with Gasteiger partial charge in [0.25, 0.3) is 0 Å². The molecule has 1 N–H and O–H groups in total. The molecule has 1 aliphatic rings. The molecule has 108 valence electrons. The molecule has 0 atom stereocenters. The first-order valence-corrected chi connectivity index (χ1v) is 6.56. The van der Waals surface area contributed by atoms with Crippen molar-refractivity contribution < 1.29 is 17.6 Å². The number of rotatable bonds is 5. The predicted molar refractivity (Wildman–Crippen MR) is 65.6 cm³/mol. The number of hydrogen-bond acceptors (Lipinski definition) is 3. The number of piperidine rings is 1. The van der Waals surface area contributed by atoms with Crippen molar-refractivity contribution in [2.75, 3.05) is 26.2 Å². The Morgan fingerprint density at radius 1 is 1.32 bits per heavy atom. The van der Waals surface area contributed by atoms with E-state index in [4.69, 9.17) is 4.42 Å². The molecule has 1 aromatic rings. The van der Waals surface area contributed by atoms with Crippen LogP contribution in [0.5, 0.6) is 0 Å². The summed E-state index contributed by atoms with van der Waals surface area (Å²) in [5.74, 6) is -1.11. The number of hydrogen-bond donors (Lipinski definition) is 1. The first kappa shape index (κ1) is 14.4. The Hall–Kier alpha value is -1.01. The van der Waals surface area contributed by atoms with Gasteiger partial charge in [-0.1, -0.05) is 0 Å². The average Bonchev–Trinajstić information content (AvgIpc) is 2.87. The summed E-state index contributed by atoms with van der Waals surface area (Å²) in [6.45, 7) is 3.38. The summed E-state index contributed by atoms with van der Waals surface area (Å²) in [4.78, 5) is 2.09. The third-order valence-corrected chi connectivity index (χ3v) is 3.56. The fraction of sp³-hybridized carbons (Fsp3) is 0.692. The van der Waals surface area contributed by atoms with Gasteiger partial charge in [-0.15, -0.1) is 0 Å². The molecule has 0 radical (unpaired) electrons. The van der Waals surface area contributed by atoms with Crippen LogP contribution in [-0.4, -0.2) is 37.3 Å². The SMILES string of the molecule is FC(F)(F)C1CCN(CCNCc2ccoc2)CC1. The second-order valence-electron chi connectivity index (χ2n) is 4.97. The lowest BCUT2D eigenvalue weighted by molar-refractivity contribution is -0.184. The lowest BCUT2D eigenvalue weighted by Crippen LogP contribution is -2.41. The van der Waals surface area contributed by atoms with Crippen molar-refractivity contribution in [1.29, 1.82) is 0 Å². The van der Waals surface area contributed by atoms with E-state index in [1.807, 2.05) is 6.07 Å². The van der Waals surface area contributed by atoms with Crippen LogP contribution in [0.15, 0.2) is 23.0 Å². The van der Waals surface area contributed by atoms with E-state index in [1.54, 1.807) is 12.5 Å². The zero-order valence-electron chi connectivity index (χ0n) is 10.7. The van der Waals surface area contributed by atoms with E-state index in [2.05, 4.69) is 10.2 Å². The van der Waals surface area contributed by atoms with Crippen LogP contribution >= 0.6 is 0 Å². The van der Waals surface area contributed by atoms with Gasteiger partial charge in [0.1, 0.15) is 0 Å². The highest BCUT2D eigenvalue weighted by Crippen LogP contribution is 2.33. The normalized spacial score (nSPS) is 18.9. The summed E-state index contributed by atoms with van der Waals surface area (Å²) in [6, 6.07) is 1.89. The van der Waals surface area contributed by atoms with Gasteiger partial charge < -0.3 is 14.6 Å². The van der Waals surface area contributed by atoms with Crippen LogP contribution in [0, 0.1) is 5.92 Å². The monoisotopic (exact) mass is 276 g/mol. The van der Waals surface area contributed by atoms with Gasteiger partial charge in [0.2, 0.25) is 0 Å². The Morgan fingerprint density at radius 3 is 2.63 bits per heavy atom. The lowest BCUT2D eigenvalue weighted by atomic mass is 9.96. The molecule has 0 unspecified atom stereocenters. The molecule has 3 nitrogen and oxygen atoms in total. The predicted octanol–water partition coefficient (Wildman–Crippen LogP) is 2.64. The quantitative estimate of drug-likeness (QED) is 0.838. The van der Waals surface area contributed by atoms with Crippen LogP contribution in [0.2, 0.25) is 0 Å². The van der Waals surface area contributed by atoms with Gasteiger partial charge >= 0.3 is 6.18 Å². The Bertz CT molecular complexity index is 356. The summed E-state index contributed by atoms with van der Waals surface area (Å²) in [7, 11) is 0. The van der Waals surface area contributed by atoms with E-state index < -0.39 is 12.1 Å². The highest BCUT2D eigenvalue weighted by molar-refractivity contribution is 5.04. The third-order valence-electron chi connectivity index (χ3n) is 3.56. The third kappa shape index (κ3) is 4.54. The molecule has 0 aromatic carbocycles. The molecule has 1 aliphatic heterocycles. The molecular weight excluding hydrogens is 257 g/mol. The number of likely N-dealkylation sites (tertiary alicyclic amines) is 1. The van der Waals surface area contributed by atoms with Crippen molar-refractivity contribution in [2.24, 2.45) is 5.92 Å². The molecule has 1 aromatic heterocycles. The minimum Gasteiger partial charge on any atom is -0.472 e. The largest absolute Gasteiger partial charge is 0.472 e. The van der Waals surface area contributed by atoms with E-state index in [9.17, 15) is 13.2 Å². The molecule has 0 bridgehead atoms. The summed E-state index contributed by atoms with van der Waals surface area (Å²) in [6.07, 6.45) is -0.261. The zero-order chi connectivity index (χ0) is 13.7. The average molecular weight is 276 g/mol. The van der Waals surface area contributed by atoms with E-state index in [0.29, 0.717) is 13.1 Å². The highest BCUT2D eigenvalue weighted by Gasteiger charge is 2.40. The Balaban J connectivity index is 1.58. The molecule has 0 saturated carbocycles. The lowest BCUT2D eigenvalue weighted by Gasteiger charge is -2.32. The summed E-state index contributed by atoms with van der Waals surface area (Å²) in [5, 5.41) is 3.25. The number of alkyl halides is 3. The van der Waals surface area contributed by atoms with Gasteiger partial charge in [-0.3, -0.25) is 0 Å². The van der Waals surface area contributed by atoms with Crippen LogP contribution in [0.4, 0.5) is 13.2 Å². The van der Waals surface area contributed by atoms with Gasteiger partial charge in [-0.05, 0) is 32.0 Å².